The highest BCUT2D eigenvalue weighted by Crippen LogP contribution is 2.43. The Morgan fingerprint density at radius 1 is 0.346 bits per heavy atom. The Balaban J connectivity index is 0.992. The quantitative estimate of drug-likeness (QED) is 0.155. The van der Waals surface area contributed by atoms with Gasteiger partial charge < -0.3 is 4.90 Å². The molecule has 0 N–H and O–H groups in total. The molecule has 2 aliphatic rings. The van der Waals surface area contributed by atoms with Gasteiger partial charge in [-0.15, -0.1) is 0 Å². The van der Waals surface area contributed by atoms with Crippen molar-refractivity contribution in [2.45, 2.75) is 95.9 Å². The van der Waals surface area contributed by atoms with Crippen LogP contribution in [0.3, 0.4) is 0 Å². The normalized spacial score (nSPS) is 20.4. The van der Waals surface area contributed by atoms with Crippen molar-refractivity contribution in [2.75, 3.05) is 4.90 Å². The van der Waals surface area contributed by atoms with Crippen molar-refractivity contribution in [3.8, 4) is 22.3 Å². The third-order valence-corrected chi connectivity index (χ3v) is 12.2. The van der Waals surface area contributed by atoms with Crippen molar-refractivity contribution in [1.29, 1.82) is 0 Å². The maximum Gasteiger partial charge on any atom is 0.0413 e. The van der Waals surface area contributed by atoms with Gasteiger partial charge in [-0.3, -0.25) is 0 Å². The Hall–Kier alpha value is -4.88. The van der Waals surface area contributed by atoms with E-state index in [1.807, 2.05) is 0 Å². The van der Waals surface area contributed by atoms with Gasteiger partial charge in [0.05, 0.1) is 0 Å². The van der Waals surface area contributed by atoms with E-state index in [1.165, 1.54) is 118 Å². The topological polar surface area (TPSA) is 3.24 Å². The van der Waals surface area contributed by atoms with Gasteiger partial charge in [-0.2, -0.15) is 0 Å². The molecule has 6 aromatic rings. The van der Waals surface area contributed by atoms with E-state index >= 15 is 0 Å². The molecule has 6 aromatic carbocycles. The van der Waals surface area contributed by atoms with Crippen LogP contribution >= 0.6 is 0 Å². The standard InChI is InChI=1S/C51H53N/c1-36-7-11-39(12-8-36)41-15-19-43(20-16-41)45-23-29-49(30-24-45)52(51-33-27-47(28-34-51)48-6-4-5-38(3)35-48)50-31-25-46(26-32-50)44-21-17-42(18-22-44)40-13-9-37(2)10-14-40/h4-16,19-20,25-28,31-35,42,44-45,49H,17-18,21-24,29-30H2,1-3H3. The fourth-order valence-electron chi connectivity index (χ4n) is 9.08. The fourth-order valence-corrected chi connectivity index (χ4v) is 9.08. The molecule has 1 nitrogen and oxygen atoms in total. The van der Waals surface area contributed by atoms with Gasteiger partial charge in [0.15, 0.2) is 0 Å². The second-order valence-corrected chi connectivity index (χ2v) is 15.8. The molecule has 0 heterocycles. The molecule has 1 heteroatoms. The molecule has 0 aromatic heterocycles. The number of anilines is 2. The second-order valence-electron chi connectivity index (χ2n) is 15.8. The molecule has 0 aliphatic heterocycles. The Morgan fingerprint density at radius 2 is 0.712 bits per heavy atom. The summed E-state index contributed by atoms with van der Waals surface area (Å²) in [6.45, 7) is 6.51. The van der Waals surface area contributed by atoms with Gasteiger partial charge in [-0.05, 0) is 153 Å². The van der Waals surface area contributed by atoms with Crippen LogP contribution in [0.2, 0.25) is 0 Å². The molecule has 8 rings (SSSR count). The van der Waals surface area contributed by atoms with Crippen LogP contribution in [0.5, 0.6) is 0 Å². The molecule has 0 radical (unpaired) electrons. The smallest absolute Gasteiger partial charge is 0.0413 e. The first-order chi connectivity index (χ1) is 25.5. The van der Waals surface area contributed by atoms with Crippen LogP contribution in [0.1, 0.15) is 103 Å². The zero-order valence-electron chi connectivity index (χ0n) is 31.3. The summed E-state index contributed by atoms with van der Waals surface area (Å²) in [5.74, 6) is 1.98. The number of rotatable bonds is 8. The molecular weight excluding hydrogens is 627 g/mol. The lowest BCUT2D eigenvalue weighted by Crippen LogP contribution is -2.34. The van der Waals surface area contributed by atoms with E-state index in [-0.39, 0.29) is 0 Å². The Bertz CT molecular complexity index is 2040. The average molecular weight is 680 g/mol. The van der Waals surface area contributed by atoms with E-state index in [1.54, 1.807) is 0 Å². The summed E-state index contributed by atoms with van der Waals surface area (Å²) < 4.78 is 0. The van der Waals surface area contributed by atoms with Crippen LogP contribution < -0.4 is 4.90 Å². The SMILES string of the molecule is Cc1ccc(-c2ccc(C3CCC(N(c4ccc(-c5cccc(C)c5)cc4)c4ccc(C5CCC(c6ccc(C)cc6)CC5)cc4)CC3)cc2)cc1. The van der Waals surface area contributed by atoms with Crippen molar-refractivity contribution >= 4 is 11.4 Å². The summed E-state index contributed by atoms with van der Waals surface area (Å²) >= 11 is 0. The van der Waals surface area contributed by atoms with E-state index in [2.05, 4.69) is 171 Å². The summed E-state index contributed by atoms with van der Waals surface area (Å²) in [6, 6.07) is 56.0. The lowest BCUT2D eigenvalue weighted by atomic mass is 9.76. The van der Waals surface area contributed by atoms with Crippen molar-refractivity contribution in [3.05, 3.63) is 179 Å². The van der Waals surface area contributed by atoms with E-state index < -0.39 is 0 Å². The number of benzene rings is 6. The molecule has 2 aliphatic carbocycles. The third-order valence-electron chi connectivity index (χ3n) is 12.2. The molecule has 0 unspecified atom stereocenters. The predicted octanol–water partition coefficient (Wildman–Crippen LogP) is 14.3. The van der Waals surface area contributed by atoms with Gasteiger partial charge in [0.1, 0.15) is 0 Å². The zero-order valence-corrected chi connectivity index (χ0v) is 31.3. The van der Waals surface area contributed by atoms with Crippen molar-refractivity contribution in [1.82, 2.24) is 0 Å². The monoisotopic (exact) mass is 679 g/mol. The number of nitrogens with zero attached hydrogens (tertiary/aromatic N) is 1. The van der Waals surface area contributed by atoms with Gasteiger partial charge in [0, 0.05) is 17.4 Å². The first-order valence-electron chi connectivity index (χ1n) is 19.8. The van der Waals surface area contributed by atoms with Gasteiger partial charge in [-0.25, -0.2) is 0 Å². The zero-order chi connectivity index (χ0) is 35.4. The molecule has 0 spiro atoms. The van der Waals surface area contributed by atoms with Gasteiger partial charge >= 0.3 is 0 Å². The molecule has 0 bridgehead atoms. The highest BCUT2D eigenvalue weighted by Gasteiger charge is 2.29. The van der Waals surface area contributed by atoms with E-state index in [0.717, 1.165) is 0 Å². The van der Waals surface area contributed by atoms with Crippen LogP contribution in [0.4, 0.5) is 11.4 Å². The molecule has 2 fully saturated rings. The van der Waals surface area contributed by atoms with Crippen molar-refractivity contribution < 1.29 is 0 Å². The first-order valence-corrected chi connectivity index (χ1v) is 19.8. The molecule has 0 amide bonds. The molecule has 0 atom stereocenters. The number of aryl methyl sites for hydroxylation is 3. The Kier molecular flexibility index (Phi) is 10.1. The highest BCUT2D eigenvalue weighted by molar-refractivity contribution is 5.71. The maximum absolute atomic E-state index is 2.66. The molecule has 2 saturated carbocycles. The number of hydrogen-bond acceptors (Lipinski definition) is 1. The minimum Gasteiger partial charge on any atom is -0.338 e. The van der Waals surface area contributed by atoms with E-state index in [0.29, 0.717) is 23.8 Å². The second kappa shape index (κ2) is 15.4. The van der Waals surface area contributed by atoms with Crippen molar-refractivity contribution in [3.63, 3.8) is 0 Å². The van der Waals surface area contributed by atoms with E-state index in [9.17, 15) is 0 Å². The highest BCUT2D eigenvalue weighted by atomic mass is 15.2. The first kappa shape index (κ1) is 34.2. The molecule has 52 heavy (non-hydrogen) atoms. The van der Waals surface area contributed by atoms with Gasteiger partial charge in [-0.1, -0.05) is 138 Å². The summed E-state index contributed by atoms with van der Waals surface area (Å²) in [5, 5.41) is 0. The molecular formula is C51H53N. The largest absolute Gasteiger partial charge is 0.338 e. The fraction of sp³-hybridized carbons (Fsp3) is 0.294. The summed E-state index contributed by atoms with van der Waals surface area (Å²) in [6.07, 6.45) is 9.93. The Labute approximate surface area is 312 Å². The lowest BCUT2D eigenvalue weighted by Gasteiger charge is -2.39. The van der Waals surface area contributed by atoms with Crippen LogP contribution in [-0.4, -0.2) is 6.04 Å². The molecule has 0 saturated heterocycles. The summed E-state index contributed by atoms with van der Waals surface area (Å²) in [7, 11) is 0. The van der Waals surface area contributed by atoms with Gasteiger partial charge in [0.25, 0.3) is 0 Å². The minimum atomic E-state index is 0.476. The lowest BCUT2D eigenvalue weighted by molar-refractivity contribution is 0.391. The van der Waals surface area contributed by atoms with Gasteiger partial charge in [0.2, 0.25) is 0 Å². The third kappa shape index (κ3) is 7.65. The average Bonchev–Trinajstić information content (AvgIpc) is 3.20. The van der Waals surface area contributed by atoms with E-state index in [4.69, 9.17) is 0 Å². The summed E-state index contributed by atoms with van der Waals surface area (Å²) in [5.41, 5.74) is 16.3. The van der Waals surface area contributed by atoms with Crippen LogP contribution in [0.15, 0.2) is 146 Å². The predicted molar refractivity (Wildman–Crippen MR) is 222 cm³/mol. The van der Waals surface area contributed by atoms with Crippen LogP contribution in [0.25, 0.3) is 22.3 Å². The maximum atomic E-state index is 2.66. The minimum absolute atomic E-state index is 0.476. The van der Waals surface area contributed by atoms with Crippen LogP contribution in [-0.2, 0) is 0 Å². The van der Waals surface area contributed by atoms with Crippen molar-refractivity contribution in [2.24, 2.45) is 0 Å². The Morgan fingerprint density at radius 3 is 1.21 bits per heavy atom. The number of hydrogen-bond donors (Lipinski definition) is 0. The van der Waals surface area contributed by atoms with Crippen LogP contribution in [0, 0.1) is 20.8 Å². The molecule has 262 valence electrons. The summed E-state index contributed by atoms with van der Waals surface area (Å²) in [4.78, 5) is 2.66.